The zero-order valence-corrected chi connectivity index (χ0v) is 12.4. The summed E-state index contributed by atoms with van der Waals surface area (Å²) < 4.78 is 0. The molecule has 0 atom stereocenters. The van der Waals surface area contributed by atoms with Crippen molar-refractivity contribution in [2.24, 2.45) is 5.92 Å². The highest BCUT2D eigenvalue weighted by Gasteiger charge is 2.27. The number of hydrogen-bond donors (Lipinski definition) is 0. The summed E-state index contributed by atoms with van der Waals surface area (Å²) in [6.07, 6.45) is 0.621. The number of nitrogens with zero attached hydrogens (tertiary/aromatic N) is 2. The molecule has 1 aliphatic rings. The third-order valence-corrected chi connectivity index (χ3v) is 3.55. The maximum atomic E-state index is 12.4. The Labute approximate surface area is 116 Å². The SMILES string of the molecule is CC(C)CC(=O)N1CCN(C(C)C)c2ccccc21. The molecule has 1 aromatic carbocycles. The number of rotatable bonds is 3. The van der Waals surface area contributed by atoms with E-state index in [0.717, 1.165) is 18.8 Å². The van der Waals surface area contributed by atoms with Gasteiger partial charge in [-0.2, -0.15) is 0 Å². The molecular weight excluding hydrogens is 236 g/mol. The van der Waals surface area contributed by atoms with Crippen molar-refractivity contribution in [3.63, 3.8) is 0 Å². The predicted octanol–water partition coefficient (Wildman–Crippen LogP) is 3.29. The number of hydrogen-bond acceptors (Lipinski definition) is 2. The summed E-state index contributed by atoms with van der Waals surface area (Å²) in [7, 11) is 0. The molecule has 0 saturated carbocycles. The summed E-state index contributed by atoms with van der Waals surface area (Å²) in [5, 5.41) is 0. The van der Waals surface area contributed by atoms with Crippen LogP contribution in [0.15, 0.2) is 24.3 Å². The summed E-state index contributed by atoms with van der Waals surface area (Å²) in [5.41, 5.74) is 2.24. The minimum Gasteiger partial charge on any atom is -0.366 e. The van der Waals surface area contributed by atoms with Crippen LogP contribution >= 0.6 is 0 Å². The van der Waals surface area contributed by atoms with E-state index in [1.165, 1.54) is 5.69 Å². The molecule has 1 amide bonds. The Morgan fingerprint density at radius 2 is 1.74 bits per heavy atom. The molecule has 0 bridgehead atoms. The number of carbonyl (C=O) groups excluding carboxylic acids is 1. The van der Waals surface area contributed by atoms with Crippen molar-refractivity contribution in [2.75, 3.05) is 22.9 Å². The van der Waals surface area contributed by atoms with Crippen LogP contribution in [0.25, 0.3) is 0 Å². The molecule has 19 heavy (non-hydrogen) atoms. The largest absolute Gasteiger partial charge is 0.366 e. The predicted molar refractivity (Wildman–Crippen MR) is 80.7 cm³/mol. The Bertz CT molecular complexity index is 454. The lowest BCUT2D eigenvalue weighted by Crippen LogP contribution is -2.46. The summed E-state index contributed by atoms with van der Waals surface area (Å²) in [5.74, 6) is 0.647. The summed E-state index contributed by atoms with van der Waals surface area (Å²) >= 11 is 0. The fraction of sp³-hybridized carbons (Fsp3) is 0.562. The molecule has 104 valence electrons. The first-order valence-electron chi connectivity index (χ1n) is 7.16. The number of benzene rings is 1. The molecular formula is C16H24N2O. The Kier molecular flexibility index (Phi) is 4.13. The van der Waals surface area contributed by atoms with Crippen molar-refractivity contribution >= 4 is 17.3 Å². The molecule has 0 radical (unpaired) electrons. The average molecular weight is 260 g/mol. The molecule has 0 aromatic heterocycles. The highest BCUT2D eigenvalue weighted by Crippen LogP contribution is 2.34. The van der Waals surface area contributed by atoms with E-state index in [0.29, 0.717) is 18.4 Å². The van der Waals surface area contributed by atoms with Gasteiger partial charge in [-0.3, -0.25) is 4.79 Å². The molecule has 0 unspecified atom stereocenters. The number of amides is 1. The lowest BCUT2D eigenvalue weighted by molar-refractivity contribution is -0.119. The van der Waals surface area contributed by atoms with Crippen LogP contribution in [0.1, 0.15) is 34.1 Å². The van der Waals surface area contributed by atoms with Gasteiger partial charge < -0.3 is 9.80 Å². The van der Waals surface area contributed by atoms with Gasteiger partial charge in [-0.15, -0.1) is 0 Å². The minimum atomic E-state index is 0.242. The maximum Gasteiger partial charge on any atom is 0.227 e. The van der Waals surface area contributed by atoms with Gasteiger partial charge in [-0.05, 0) is 31.9 Å². The Morgan fingerprint density at radius 1 is 1.11 bits per heavy atom. The van der Waals surface area contributed by atoms with Crippen molar-refractivity contribution in [1.29, 1.82) is 0 Å². The van der Waals surface area contributed by atoms with Gasteiger partial charge in [0, 0.05) is 25.6 Å². The standard InChI is InChI=1S/C16H24N2O/c1-12(2)11-16(19)18-10-9-17(13(3)4)14-7-5-6-8-15(14)18/h5-8,12-13H,9-11H2,1-4H3. The third kappa shape index (κ3) is 2.91. The third-order valence-electron chi connectivity index (χ3n) is 3.55. The van der Waals surface area contributed by atoms with Gasteiger partial charge in [0.15, 0.2) is 0 Å². The maximum absolute atomic E-state index is 12.4. The minimum absolute atomic E-state index is 0.242. The van der Waals surface area contributed by atoms with E-state index >= 15 is 0 Å². The zero-order chi connectivity index (χ0) is 14.0. The molecule has 2 rings (SSSR count). The highest BCUT2D eigenvalue weighted by atomic mass is 16.2. The van der Waals surface area contributed by atoms with Gasteiger partial charge in [-0.1, -0.05) is 26.0 Å². The van der Waals surface area contributed by atoms with E-state index in [2.05, 4.69) is 44.7 Å². The zero-order valence-electron chi connectivity index (χ0n) is 12.4. The van der Waals surface area contributed by atoms with Crippen LogP contribution in [-0.2, 0) is 4.79 Å². The molecule has 1 heterocycles. The Balaban J connectivity index is 2.30. The molecule has 3 heteroatoms. The van der Waals surface area contributed by atoms with E-state index in [-0.39, 0.29) is 5.91 Å². The first-order valence-corrected chi connectivity index (χ1v) is 7.16. The second-order valence-corrected chi connectivity index (χ2v) is 5.92. The lowest BCUT2D eigenvalue weighted by atomic mass is 10.1. The average Bonchev–Trinajstić information content (AvgIpc) is 2.36. The Morgan fingerprint density at radius 3 is 2.32 bits per heavy atom. The molecule has 1 aliphatic heterocycles. The van der Waals surface area contributed by atoms with E-state index in [1.54, 1.807) is 0 Å². The number of para-hydroxylation sites is 2. The Hall–Kier alpha value is -1.51. The van der Waals surface area contributed by atoms with Crippen molar-refractivity contribution < 1.29 is 4.79 Å². The highest BCUT2D eigenvalue weighted by molar-refractivity contribution is 5.98. The van der Waals surface area contributed by atoms with Crippen LogP contribution in [0.5, 0.6) is 0 Å². The summed E-state index contributed by atoms with van der Waals surface area (Å²) in [4.78, 5) is 16.7. The van der Waals surface area contributed by atoms with Gasteiger partial charge in [-0.25, -0.2) is 0 Å². The van der Waals surface area contributed by atoms with Crippen molar-refractivity contribution in [2.45, 2.75) is 40.2 Å². The van der Waals surface area contributed by atoms with Crippen LogP contribution in [0.4, 0.5) is 11.4 Å². The normalized spacial score (nSPS) is 15.1. The van der Waals surface area contributed by atoms with E-state index in [1.807, 2.05) is 17.0 Å². The van der Waals surface area contributed by atoms with Crippen LogP contribution in [-0.4, -0.2) is 25.0 Å². The topological polar surface area (TPSA) is 23.6 Å². The number of carbonyl (C=O) groups is 1. The van der Waals surface area contributed by atoms with Crippen molar-refractivity contribution in [1.82, 2.24) is 0 Å². The number of fused-ring (bicyclic) bond motifs is 1. The first-order chi connectivity index (χ1) is 9.00. The number of anilines is 2. The fourth-order valence-electron chi connectivity index (χ4n) is 2.64. The van der Waals surface area contributed by atoms with Gasteiger partial charge >= 0.3 is 0 Å². The van der Waals surface area contributed by atoms with Crippen LogP contribution in [0.3, 0.4) is 0 Å². The lowest BCUT2D eigenvalue weighted by Gasteiger charge is -2.40. The summed E-state index contributed by atoms with van der Waals surface area (Å²) in [6.45, 7) is 10.3. The second-order valence-electron chi connectivity index (χ2n) is 5.92. The van der Waals surface area contributed by atoms with Crippen LogP contribution < -0.4 is 9.80 Å². The van der Waals surface area contributed by atoms with Crippen molar-refractivity contribution in [3.05, 3.63) is 24.3 Å². The molecule has 0 spiro atoms. The van der Waals surface area contributed by atoms with Crippen LogP contribution in [0.2, 0.25) is 0 Å². The smallest absolute Gasteiger partial charge is 0.227 e. The van der Waals surface area contributed by atoms with E-state index < -0.39 is 0 Å². The molecule has 0 saturated heterocycles. The molecule has 0 N–H and O–H groups in total. The van der Waals surface area contributed by atoms with Gasteiger partial charge in [0.25, 0.3) is 0 Å². The van der Waals surface area contributed by atoms with Gasteiger partial charge in [0.2, 0.25) is 5.91 Å². The van der Waals surface area contributed by atoms with E-state index in [9.17, 15) is 4.79 Å². The van der Waals surface area contributed by atoms with Crippen LogP contribution in [0, 0.1) is 5.92 Å². The van der Waals surface area contributed by atoms with Crippen molar-refractivity contribution in [3.8, 4) is 0 Å². The molecule has 1 aromatic rings. The molecule has 0 fully saturated rings. The quantitative estimate of drug-likeness (QED) is 0.832. The first kappa shape index (κ1) is 13.9. The molecule has 0 aliphatic carbocycles. The van der Waals surface area contributed by atoms with E-state index in [4.69, 9.17) is 0 Å². The van der Waals surface area contributed by atoms with Gasteiger partial charge in [0.1, 0.15) is 0 Å². The fourth-order valence-corrected chi connectivity index (χ4v) is 2.64. The second kappa shape index (κ2) is 5.64. The summed E-state index contributed by atoms with van der Waals surface area (Å²) in [6, 6.07) is 8.69. The monoisotopic (exact) mass is 260 g/mol. The molecule has 3 nitrogen and oxygen atoms in total. The van der Waals surface area contributed by atoms with Gasteiger partial charge in [0.05, 0.1) is 11.4 Å².